The van der Waals surface area contributed by atoms with Gasteiger partial charge in [-0.2, -0.15) is 13.2 Å². The number of benzene rings is 1. The largest absolute Gasteiger partial charge is 0.466 e. The monoisotopic (exact) mass is 409 g/mol. The summed E-state index contributed by atoms with van der Waals surface area (Å²) >= 11 is 0. The standard InChI is InChI=1S/C19H18F3N3O4/c1-9-12(17(27)29-4)13(10-6-5-7-11(8-10)19(20,21)22)14-15(23-9)24(2)18(28)25(3)16(14)26/h5-8,13,23H,1-4H3/t13-/m0/s1. The third kappa shape index (κ3) is 3.24. The minimum absolute atomic E-state index is 0.00456. The van der Waals surface area contributed by atoms with E-state index in [1.165, 1.54) is 37.7 Å². The summed E-state index contributed by atoms with van der Waals surface area (Å²) in [4.78, 5) is 37.7. The molecule has 1 aliphatic heterocycles. The maximum atomic E-state index is 13.3. The molecule has 1 N–H and O–H groups in total. The van der Waals surface area contributed by atoms with Gasteiger partial charge in [0.1, 0.15) is 5.82 Å². The van der Waals surface area contributed by atoms with E-state index in [4.69, 9.17) is 4.74 Å². The van der Waals surface area contributed by atoms with Crippen LogP contribution in [0.4, 0.5) is 19.0 Å². The lowest BCUT2D eigenvalue weighted by molar-refractivity contribution is -0.137. The number of methoxy groups -OCH3 is 1. The minimum Gasteiger partial charge on any atom is -0.466 e. The second kappa shape index (κ2) is 6.94. The van der Waals surface area contributed by atoms with Crippen LogP contribution in [0.2, 0.25) is 0 Å². The number of nitrogens with zero attached hydrogens (tertiary/aromatic N) is 2. The van der Waals surface area contributed by atoms with E-state index in [2.05, 4.69) is 5.32 Å². The van der Waals surface area contributed by atoms with Crippen LogP contribution in [0.25, 0.3) is 0 Å². The summed E-state index contributed by atoms with van der Waals surface area (Å²) in [6, 6.07) is 4.39. The molecule has 1 aromatic carbocycles. The number of halogens is 3. The van der Waals surface area contributed by atoms with Crippen LogP contribution in [0, 0.1) is 0 Å². The number of hydrogen-bond donors (Lipinski definition) is 1. The Hall–Kier alpha value is -3.30. The van der Waals surface area contributed by atoms with E-state index in [-0.39, 0.29) is 28.2 Å². The van der Waals surface area contributed by atoms with Crippen molar-refractivity contribution in [1.82, 2.24) is 9.13 Å². The predicted molar refractivity (Wildman–Crippen MR) is 98.5 cm³/mol. The van der Waals surface area contributed by atoms with Crippen molar-refractivity contribution >= 4 is 11.8 Å². The van der Waals surface area contributed by atoms with E-state index < -0.39 is 34.9 Å². The third-order valence-corrected chi connectivity index (χ3v) is 4.94. The molecule has 0 unspecified atom stereocenters. The molecule has 1 aliphatic rings. The first-order valence-electron chi connectivity index (χ1n) is 8.52. The molecule has 3 rings (SSSR count). The number of carbonyl (C=O) groups is 1. The summed E-state index contributed by atoms with van der Waals surface area (Å²) in [5.74, 6) is -1.82. The van der Waals surface area contributed by atoms with E-state index in [9.17, 15) is 27.6 Å². The fourth-order valence-corrected chi connectivity index (χ4v) is 3.50. The molecule has 154 valence electrons. The van der Waals surface area contributed by atoms with Crippen molar-refractivity contribution in [2.75, 3.05) is 12.4 Å². The van der Waals surface area contributed by atoms with Gasteiger partial charge in [-0.05, 0) is 18.6 Å². The quantitative estimate of drug-likeness (QED) is 0.769. The third-order valence-electron chi connectivity index (χ3n) is 4.94. The summed E-state index contributed by atoms with van der Waals surface area (Å²) in [5, 5.41) is 2.85. The SMILES string of the molecule is COC(=O)C1=C(C)Nc2c(c(=O)n(C)c(=O)n2C)[C@H]1c1cccc(C(F)(F)F)c1. The summed E-state index contributed by atoms with van der Waals surface area (Å²) < 4.78 is 46.6. The second-order valence-electron chi connectivity index (χ2n) is 6.68. The molecule has 1 atom stereocenters. The van der Waals surface area contributed by atoms with Crippen molar-refractivity contribution in [3.63, 3.8) is 0 Å². The first-order chi connectivity index (χ1) is 13.5. The van der Waals surface area contributed by atoms with Crippen LogP contribution in [0.1, 0.15) is 29.5 Å². The number of esters is 1. The fourth-order valence-electron chi connectivity index (χ4n) is 3.50. The zero-order valence-corrected chi connectivity index (χ0v) is 16.0. The molecule has 0 bridgehead atoms. The number of ether oxygens (including phenoxy) is 1. The number of allylic oxidation sites excluding steroid dienone is 1. The molecule has 0 spiro atoms. The molecule has 7 nitrogen and oxygen atoms in total. The molecule has 0 aliphatic carbocycles. The van der Waals surface area contributed by atoms with E-state index >= 15 is 0 Å². The molecule has 2 heterocycles. The highest BCUT2D eigenvalue weighted by molar-refractivity contribution is 5.94. The fraction of sp³-hybridized carbons (Fsp3) is 0.316. The van der Waals surface area contributed by atoms with Crippen molar-refractivity contribution in [2.45, 2.75) is 19.0 Å². The van der Waals surface area contributed by atoms with Gasteiger partial charge in [0, 0.05) is 19.8 Å². The molecule has 10 heteroatoms. The number of rotatable bonds is 2. The van der Waals surface area contributed by atoms with Gasteiger partial charge in [0.25, 0.3) is 5.56 Å². The van der Waals surface area contributed by atoms with Crippen LogP contribution >= 0.6 is 0 Å². The minimum atomic E-state index is -4.61. The van der Waals surface area contributed by atoms with E-state index in [1.54, 1.807) is 0 Å². The second-order valence-corrected chi connectivity index (χ2v) is 6.68. The van der Waals surface area contributed by atoms with Gasteiger partial charge in [-0.25, -0.2) is 9.59 Å². The van der Waals surface area contributed by atoms with Gasteiger partial charge >= 0.3 is 17.8 Å². The van der Waals surface area contributed by atoms with Crippen molar-refractivity contribution in [3.05, 3.63) is 73.1 Å². The van der Waals surface area contributed by atoms with E-state index in [1.807, 2.05) is 0 Å². The number of aromatic nitrogens is 2. The molecule has 1 aromatic heterocycles. The summed E-state index contributed by atoms with van der Waals surface area (Å²) in [5.41, 5.74) is -1.91. The predicted octanol–water partition coefficient (Wildman–Crippen LogP) is 2.11. The molecule has 2 aromatic rings. The van der Waals surface area contributed by atoms with Crippen LogP contribution in [-0.4, -0.2) is 22.2 Å². The Balaban J connectivity index is 2.41. The van der Waals surface area contributed by atoms with Crippen LogP contribution in [0.5, 0.6) is 0 Å². The van der Waals surface area contributed by atoms with Gasteiger partial charge in [0.15, 0.2) is 0 Å². The van der Waals surface area contributed by atoms with Crippen LogP contribution < -0.4 is 16.6 Å². The smallest absolute Gasteiger partial charge is 0.416 e. The average molecular weight is 409 g/mol. The molecule has 29 heavy (non-hydrogen) atoms. The van der Waals surface area contributed by atoms with Crippen LogP contribution in [-0.2, 0) is 29.8 Å². The summed E-state index contributed by atoms with van der Waals surface area (Å²) in [6.07, 6.45) is -4.61. The van der Waals surface area contributed by atoms with Crippen molar-refractivity contribution in [1.29, 1.82) is 0 Å². The number of alkyl halides is 3. The van der Waals surface area contributed by atoms with Gasteiger partial charge in [0.2, 0.25) is 0 Å². The average Bonchev–Trinajstić information content (AvgIpc) is 2.68. The molecule has 0 radical (unpaired) electrons. The van der Waals surface area contributed by atoms with Gasteiger partial charge < -0.3 is 10.1 Å². The van der Waals surface area contributed by atoms with Crippen molar-refractivity contribution in [3.8, 4) is 0 Å². The van der Waals surface area contributed by atoms with Crippen LogP contribution in [0.3, 0.4) is 0 Å². The van der Waals surface area contributed by atoms with Crippen molar-refractivity contribution in [2.24, 2.45) is 14.1 Å². The maximum absolute atomic E-state index is 13.3. The van der Waals surface area contributed by atoms with Crippen LogP contribution in [0.15, 0.2) is 45.1 Å². The lowest BCUT2D eigenvalue weighted by Crippen LogP contribution is -2.43. The van der Waals surface area contributed by atoms with E-state index in [0.717, 1.165) is 23.8 Å². The molecule has 0 saturated carbocycles. The first-order valence-corrected chi connectivity index (χ1v) is 8.52. The zero-order chi connectivity index (χ0) is 21.7. The van der Waals surface area contributed by atoms with Gasteiger partial charge in [0.05, 0.1) is 29.7 Å². The van der Waals surface area contributed by atoms with Crippen molar-refractivity contribution < 1.29 is 22.7 Å². The Kier molecular flexibility index (Phi) is 4.89. The summed E-state index contributed by atoms with van der Waals surface area (Å²) in [7, 11) is 3.82. The molecular formula is C19H18F3N3O4. The molecule has 0 fully saturated rings. The van der Waals surface area contributed by atoms with Gasteiger partial charge in [-0.15, -0.1) is 0 Å². The lowest BCUT2D eigenvalue weighted by atomic mass is 9.81. The molecular weight excluding hydrogens is 391 g/mol. The highest BCUT2D eigenvalue weighted by atomic mass is 19.4. The highest BCUT2D eigenvalue weighted by Crippen LogP contribution is 2.41. The topological polar surface area (TPSA) is 82.3 Å². The Labute approximate surface area is 163 Å². The molecule has 0 amide bonds. The zero-order valence-electron chi connectivity index (χ0n) is 16.0. The normalized spacial score (nSPS) is 16.3. The van der Waals surface area contributed by atoms with E-state index in [0.29, 0.717) is 0 Å². The lowest BCUT2D eigenvalue weighted by Gasteiger charge is -2.30. The molecule has 0 saturated heterocycles. The Morgan fingerprint density at radius 3 is 2.41 bits per heavy atom. The number of anilines is 1. The van der Waals surface area contributed by atoms with Gasteiger partial charge in [-0.3, -0.25) is 13.9 Å². The Morgan fingerprint density at radius 2 is 1.83 bits per heavy atom. The number of fused-ring (bicyclic) bond motifs is 1. The number of hydrogen-bond acceptors (Lipinski definition) is 5. The van der Waals surface area contributed by atoms with Gasteiger partial charge in [-0.1, -0.05) is 18.2 Å². The summed E-state index contributed by atoms with van der Waals surface area (Å²) in [6.45, 7) is 1.53. The first kappa shape index (κ1) is 20.4. The number of carbonyl (C=O) groups excluding carboxylic acids is 1. The Bertz CT molecular complexity index is 1160. The number of nitrogens with one attached hydrogen (secondary N) is 1. The Morgan fingerprint density at radius 1 is 1.17 bits per heavy atom. The maximum Gasteiger partial charge on any atom is 0.416 e. The highest BCUT2D eigenvalue weighted by Gasteiger charge is 2.38.